The van der Waals surface area contributed by atoms with Crippen LogP contribution in [0.2, 0.25) is 0 Å². The van der Waals surface area contributed by atoms with Crippen molar-refractivity contribution in [2.24, 2.45) is 11.1 Å². The minimum absolute atomic E-state index is 0.0524. The van der Waals surface area contributed by atoms with Crippen molar-refractivity contribution in [3.05, 3.63) is 71.5 Å². The Morgan fingerprint density at radius 3 is 2.47 bits per heavy atom. The third kappa shape index (κ3) is 4.83. The molecule has 0 radical (unpaired) electrons. The summed E-state index contributed by atoms with van der Waals surface area (Å²) in [6.07, 6.45) is 1.91. The van der Waals surface area contributed by atoms with E-state index in [1.165, 1.54) is 13.2 Å². The second-order valence-electron chi connectivity index (χ2n) is 8.94. The van der Waals surface area contributed by atoms with Crippen LogP contribution < -0.4 is 15.2 Å². The van der Waals surface area contributed by atoms with E-state index in [-0.39, 0.29) is 35.7 Å². The lowest BCUT2D eigenvalue weighted by molar-refractivity contribution is -0.159. The van der Waals surface area contributed by atoms with Gasteiger partial charge in [0.25, 0.3) is 5.91 Å². The number of methoxy groups -OCH3 is 1. The first-order valence-corrected chi connectivity index (χ1v) is 11.3. The molecule has 178 valence electrons. The predicted octanol–water partition coefficient (Wildman–Crippen LogP) is 5.16. The topological polar surface area (TPSA) is 87.8 Å². The number of fused-ring (bicyclic) bond motifs is 1. The van der Waals surface area contributed by atoms with Crippen LogP contribution in [0.3, 0.4) is 0 Å². The highest BCUT2D eigenvalue weighted by Crippen LogP contribution is 2.39. The van der Waals surface area contributed by atoms with Gasteiger partial charge in [0.2, 0.25) is 0 Å². The van der Waals surface area contributed by atoms with Gasteiger partial charge < -0.3 is 19.9 Å². The number of carbonyl (C=O) groups is 2. The number of amides is 1. The van der Waals surface area contributed by atoms with Crippen molar-refractivity contribution < 1.29 is 28.2 Å². The minimum atomic E-state index is -0.730. The number of primary amides is 1. The molecule has 2 N–H and O–H groups in total. The Hall–Kier alpha value is -3.61. The zero-order valence-electron chi connectivity index (χ0n) is 19.3. The number of benzene rings is 3. The number of esters is 1. The molecule has 3 aromatic rings. The van der Waals surface area contributed by atoms with Crippen LogP contribution in [0.1, 0.15) is 48.5 Å². The summed E-state index contributed by atoms with van der Waals surface area (Å²) >= 11 is 0. The zero-order chi connectivity index (χ0) is 24.3. The fourth-order valence-corrected chi connectivity index (χ4v) is 4.45. The Balaban J connectivity index is 1.37. The van der Waals surface area contributed by atoms with Crippen LogP contribution in [0.25, 0.3) is 10.8 Å². The number of hydrogen-bond acceptors (Lipinski definition) is 5. The molecule has 0 atom stereocenters. The highest BCUT2D eigenvalue weighted by atomic mass is 19.1. The highest BCUT2D eigenvalue weighted by Gasteiger charge is 2.40. The summed E-state index contributed by atoms with van der Waals surface area (Å²) < 4.78 is 31.0. The average molecular weight is 466 g/mol. The van der Waals surface area contributed by atoms with Crippen molar-refractivity contribution in [3.8, 4) is 11.5 Å². The van der Waals surface area contributed by atoms with E-state index in [4.69, 9.17) is 19.9 Å². The summed E-state index contributed by atoms with van der Waals surface area (Å²) in [5, 5.41) is 2.17. The fraction of sp³-hybridized carbons (Fsp3) is 0.333. The number of nitrogens with two attached hydrogens (primary N) is 1. The molecule has 7 heteroatoms. The van der Waals surface area contributed by atoms with Gasteiger partial charge in [0.15, 0.2) is 11.6 Å². The van der Waals surface area contributed by atoms with Crippen LogP contribution in [-0.2, 0) is 16.1 Å². The van der Waals surface area contributed by atoms with Crippen molar-refractivity contribution >= 4 is 22.6 Å². The monoisotopic (exact) mass is 465 g/mol. The second kappa shape index (κ2) is 9.71. The first-order chi connectivity index (χ1) is 16.3. The molecule has 0 aromatic heterocycles. The van der Waals surface area contributed by atoms with Gasteiger partial charge >= 0.3 is 5.97 Å². The van der Waals surface area contributed by atoms with Crippen molar-refractivity contribution in [2.45, 2.75) is 45.3 Å². The van der Waals surface area contributed by atoms with E-state index in [1.54, 1.807) is 0 Å². The van der Waals surface area contributed by atoms with Crippen molar-refractivity contribution in [1.29, 1.82) is 0 Å². The molecule has 0 saturated heterocycles. The molecule has 1 aliphatic carbocycles. The molecular formula is C27H28FNO5. The Bertz CT molecular complexity index is 1210. The van der Waals surface area contributed by atoms with Gasteiger partial charge in [0, 0.05) is 6.07 Å². The van der Waals surface area contributed by atoms with Crippen molar-refractivity contribution in [3.63, 3.8) is 0 Å². The maximum Gasteiger partial charge on any atom is 0.312 e. The SMILES string of the molecule is COc1cc(F)c(OC2CCC(C)(C(=O)OCc3cccc4ccccc34)CC2)cc1C(N)=O. The summed E-state index contributed by atoms with van der Waals surface area (Å²) in [5.41, 5.74) is 5.74. The zero-order valence-corrected chi connectivity index (χ0v) is 19.3. The Kier molecular flexibility index (Phi) is 6.72. The van der Waals surface area contributed by atoms with Crippen LogP contribution in [0.4, 0.5) is 4.39 Å². The molecule has 1 aliphatic rings. The largest absolute Gasteiger partial charge is 0.496 e. The third-order valence-corrected chi connectivity index (χ3v) is 6.58. The quantitative estimate of drug-likeness (QED) is 0.487. The number of hydrogen-bond donors (Lipinski definition) is 1. The maximum atomic E-state index is 14.5. The van der Waals surface area contributed by atoms with Crippen LogP contribution in [0, 0.1) is 11.2 Å². The van der Waals surface area contributed by atoms with Gasteiger partial charge in [-0.2, -0.15) is 0 Å². The molecule has 3 aromatic carbocycles. The molecule has 34 heavy (non-hydrogen) atoms. The Labute approximate surface area is 197 Å². The molecule has 0 aliphatic heterocycles. The molecule has 0 spiro atoms. The molecule has 0 bridgehead atoms. The normalized spacial score (nSPS) is 20.0. The fourth-order valence-electron chi connectivity index (χ4n) is 4.45. The van der Waals surface area contributed by atoms with Gasteiger partial charge in [0.05, 0.1) is 24.2 Å². The number of rotatable bonds is 7. The van der Waals surface area contributed by atoms with Gasteiger partial charge in [-0.05, 0) is 55.0 Å². The molecule has 1 amide bonds. The van der Waals surface area contributed by atoms with Gasteiger partial charge in [-0.3, -0.25) is 9.59 Å². The summed E-state index contributed by atoms with van der Waals surface area (Å²) in [6, 6.07) is 16.3. The van der Waals surface area contributed by atoms with E-state index in [1.807, 2.05) is 49.4 Å². The van der Waals surface area contributed by atoms with E-state index in [0.29, 0.717) is 25.7 Å². The van der Waals surface area contributed by atoms with Gasteiger partial charge in [-0.15, -0.1) is 0 Å². The van der Waals surface area contributed by atoms with E-state index >= 15 is 0 Å². The maximum absolute atomic E-state index is 14.5. The van der Waals surface area contributed by atoms with Crippen molar-refractivity contribution in [2.75, 3.05) is 7.11 Å². The van der Waals surface area contributed by atoms with Crippen LogP contribution in [0.5, 0.6) is 11.5 Å². The molecule has 1 fully saturated rings. The standard InChI is InChI=1S/C27H28FNO5/c1-27(26(31)33-16-18-8-5-7-17-6-3-4-9-20(17)18)12-10-19(11-13-27)34-24-14-21(25(29)30)23(32-2)15-22(24)28/h3-9,14-15,19H,10-13,16H2,1-2H3,(H2,29,30). The molecule has 4 rings (SSSR count). The van der Waals surface area contributed by atoms with Crippen LogP contribution in [-0.4, -0.2) is 25.1 Å². The molecule has 1 saturated carbocycles. The second-order valence-corrected chi connectivity index (χ2v) is 8.94. The molecule has 6 nitrogen and oxygen atoms in total. The smallest absolute Gasteiger partial charge is 0.312 e. The van der Waals surface area contributed by atoms with E-state index < -0.39 is 17.1 Å². The summed E-state index contributed by atoms with van der Waals surface area (Å²) in [6.45, 7) is 2.11. The highest BCUT2D eigenvalue weighted by molar-refractivity contribution is 5.96. The first-order valence-electron chi connectivity index (χ1n) is 11.3. The van der Waals surface area contributed by atoms with Gasteiger partial charge in [-0.1, -0.05) is 42.5 Å². The first kappa shape index (κ1) is 23.5. The van der Waals surface area contributed by atoms with Gasteiger partial charge in [0.1, 0.15) is 12.4 Å². The van der Waals surface area contributed by atoms with Gasteiger partial charge in [-0.25, -0.2) is 4.39 Å². The molecule has 0 heterocycles. The van der Waals surface area contributed by atoms with Crippen LogP contribution in [0.15, 0.2) is 54.6 Å². The predicted molar refractivity (Wildman–Crippen MR) is 126 cm³/mol. The Morgan fingerprint density at radius 1 is 1.06 bits per heavy atom. The average Bonchev–Trinajstić information content (AvgIpc) is 2.84. The number of carbonyl (C=O) groups excluding carboxylic acids is 2. The molecule has 0 unspecified atom stereocenters. The summed E-state index contributed by atoms with van der Waals surface area (Å²) in [5.74, 6) is -1.61. The lowest BCUT2D eigenvalue weighted by Gasteiger charge is -2.35. The lowest BCUT2D eigenvalue weighted by atomic mass is 9.74. The Morgan fingerprint density at radius 2 is 1.76 bits per heavy atom. The number of ether oxygens (including phenoxy) is 3. The van der Waals surface area contributed by atoms with E-state index in [2.05, 4.69) is 0 Å². The summed E-state index contributed by atoms with van der Waals surface area (Å²) in [7, 11) is 1.34. The van der Waals surface area contributed by atoms with E-state index in [0.717, 1.165) is 22.4 Å². The van der Waals surface area contributed by atoms with Crippen LogP contribution >= 0.6 is 0 Å². The third-order valence-electron chi connectivity index (χ3n) is 6.58. The summed E-state index contributed by atoms with van der Waals surface area (Å²) in [4.78, 5) is 24.6. The number of halogens is 1. The lowest BCUT2D eigenvalue weighted by Crippen LogP contribution is -2.37. The van der Waals surface area contributed by atoms with Crippen molar-refractivity contribution in [1.82, 2.24) is 0 Å². The minimum Gasteiger partial charge on any atom is -0.496 e. The van der Waals surface area contributed by atoms with E-state index in [9.17, 15) is 14.0 Å². The molecular weight excluding hydrogens is 437 g/mol.